The van der Waals surface area contributed by atoms with E-state index in [-0.39, 0.29) is 5.91 Å². The van der Waals surface area contributed by atoms with E-state index in [4.69, 9.17) is 11.6 Å². The molecule has 136 valence electrons. The van der Waals surface area contributed by atoms with E-state index in [1.807, 2.05) is 6.08 Å². The molecule has 0 fully saturated rings. The fourth-order valence-corrected chi connectivity index (χ4v) is 3.18. The SMILES string of the molecule is O=C(O)[C@H]1CC=CC[C@@H]1C(=O)Nc1cnn(Cc2ccc(F)cc2Cl)c1. The van der Waals surface area contributed by atoms with Gasteiger partial charge in [0.25, 0.3) is 0 Å². The average molecular weight is 378 g/mol. The van der Waals surface area contributed by atoms with Gasteiger partial charge in [-0.25, -0.2) is 4.39 Å². The van der Waals surface area contributed by atoms with Gasteiger partial charge in [0.2, 0.25) is 5.91 Å². The highest BCUT2D eigenvalue weighted by atomic mass is 35.5. The molecule has 1 aromatic carbocycles. The van der Waals surface area contributed by atoms with Crippen molar-refractivity contribution < 1.29 is 19.1 Å². The van der Waals surface area contributed by atoms with Crippen LogP contribution in [-0.2, 0) is 16.1 Å². The maximum atomic E-state index is 13.1. The number of halogens is 2. The van der Waals surface area contributed by atoms with Crippen molar-refractivity contribution in [1.29, 1.82) is 0 Å². The van der Waals surface area contributed by atoms with Crippen LogP contribution >= 0.6 is 11.6 Å². The van der Waals surface area contributed by atoms with Crippen LogP contribution < -0.4 is 5.32 Å². The Bertz CT molecular complexity index is 865. The van der Waals surface area contributed by atoms with Crippen molar-refractivity contribution in [3.8, 4) is 0 Å². The highest BCUT2D eigenvalue weighted by Crippen LogP contribution is 2.27. The molecule has 0 spiro atoms. The van der Waals surface area contributed by atoms with Crippen LogP contribution in [-0.4, -0.2) is 26.8 Å². The van der Waals surface area contributed by atoms with Gasteiger partial charge in [0, 0.05) is 11.2 Å². The third-order valence-corrected chi connectivity index (χ3v) is 4.69. The van der Waals surface area contributed by atoms with Crippen molar-refractivity contribution in [2.24, 2.45) is 11.8 Å². The monoisotopic (exact) mass is 377 g/mol. The summed E-state index contributed by atoms with van der Waals surface area (Å²) in [6, 6.07) is 4.12. The van der Waals surface area contributed by atoms with Gasteiger partial charge in [-0.15, -0.1) is 0 Å². The smallest absolute Gasteiger partial charge is 0.307 e. The fraction of sp³-hybridized carbons (Fsp3) is 0.278. The molecule has 8 heteroatoms. The Hall–Kier alpha value is -2.67. The largest absolute Gasteiger partial charge is 0.481 e. The first-order chi connectivity index (χ1) is 12.4. The van der Waals surface area contributed by atoms with E-state index >= 15 is 0 Å². The van der Waals surface area contributed by atoms with E-state index in [0.29, 0.717) is 35.7 Å². The quantitative estimate of drug-likeness (QED) is 0.783. The van der Waals surface area contributed by atoms with Crippen LogP contribution in [0.25, 0.3) is 0 Å². The first-order valence-corrected chi connectivity index (χ1v) is 8.47. The summed E-state index contributed by atoms with van der Waals surface area (Å²) in [5, 5.41) is 16.4. The Kier molecular flexibility index (Phi) is 5.37. The number of carbonyl (C=O) groups is 2. The maximum absolute atomic E-state index is 13.1. The summed E-state index contributed by atoms with van der Waals surface area (Å²) in [4.78, 5) is 23.7. The summed E-state index contributed by atoms with van der Waals surface area (Å²) in [6.45, 7) is 0.318. The lowest BCUT2D eigenvalue weighted by atomic mass is 9.82. The minimum atomic E-state index is -0.976. The van der Waals surface area contributed by atoms with E-state index in [1.165, 1.54) is 18.3 Å². The number of allylic oxidation sites excluding steroid dienone is 2. The van der Waals surface area contributed by atoms with Crippen molar-refractivity contribution in [3.63, 3.8) is 0 Å². The molecule has 1 aliphatic carbocycles. The number of amides is 1. The Morgan fingerprint density at radius 2 is 2.04 bits per heavy atom. The van der Waals surface area contributed by atoms with Crippen LogP contribution in [0.3, 0.4) is 0 Å². The van der Waals surface area contributed by atoms with Crippen LogP contribution in [0.4, 0.5) is 10.1 Å². The van der Waals surface area contributed by atoms with Crippen LogP contribution in [0.2, 0.25) is 5.02 Å². The fourth-order valence-electron chi connectivity index (χ4n) is 2.95. The van der Waals surface area contributed by atoms with Crippen LogP contribution in [0.1, 0.15) is 18.4 Å². The number of carboxylic acid groups (broad SMARTS) is 1. The van der Waals surface area contributed by atoms with Gasteiger partial charge in [-0.1, -0.05) is 29.8 Å². The number of nitrogens with one attached hydrogen (secondary N) is 1. The molecule has 3 rings (SSSR count). The minimum absolute atomic E-state index is 0.296. The summed E-state index contributed by atoms with van der Waals surface area (Å²) in [7, 11) is 0. The number of hydrogen-bond acceptors (Lipinski definition) is 3. The van der Waals surface area contributed by atoms with E-state index in [0.717, 1.165) is 0 Å². The van der Waals surface area contributed by atoms with Crippen molar-refractivity contribution >= 4 is 29.2 Å². The number of aliphatic carboxylic acids is 1. The predicted molar refractivity (Wildman–Crippen MR) is 94.4 cm³/mol. The Morgan fingerprint density at radius 1 is 1.31 bits per heavy atom. The lowest BCUT2D eigenvalue weighted by Crippen LogP contribution is -2.34. The number of carbonyl (C=O) groups excluding carboxylic acids is 1. The normalized spacial score (nSPS) is 19.3. The maximum Gasteiger partial charge on any atom is 0.307 e. The lowest BCUT2D eigenvalue weighted by molar-refractivity contribution is -0.146. The van der Waals surface area contributed by atoms with Gasteiger partial charge in [-0.05, 0) is 30.5 Å². The Morgan fingerprint density at radius 3 is 2.73 bits per heavy atom. The van der Waals surface area contributed by atoms with Gasteiger partial charge in [0.05, 0.1) is 30.3 Å². The molecular formula is C18H17ClFN3O3. The average Bonchev–Trinajstić information content (AvgIpc) is 3.04. The molecule has 0 aliphatic heterocycles. The summed E-state index contributed by atoms with van der Waals surface area (Å²) in [5.41, 5.74) is 1.16. The molecule has 0 unspecified atom stereocenters. The van der Waals surface area contributed by atoms with E-state index < -0.39 is 23.6 Å². The second-order valence-corrected chi connectivity index (χ2v) is 6.55. The minimum Gasteiger partial charge on any atom is -0.481 e. The number of benzene rings is 1. The van der Waals surface area contributed by atoms with Gasteiger partial charge in [0.1, 0.15) is 5.82 Å². The number of carboxylic acids is 1. The molecule has 0 saturated carbocycles. The molecule has 0 bridgehead atoms. The topological polar surface area (TPSA) is 84.2 Å². The zero-order valence-electron chi connectivity index (χ0n) is 13.7. The summed E-state index contributed by atoms with van der Waals surface area (Å²) in [5.74, 6) is -3.08. The van der Waals surface area contributed by atoms with Crippen molar-refractivity contribution in [2.45, 2.75) is 19.4 Å². The van der Waals surface area contributed by atoms with Gasteiger partial charge >= 0.3 is 5.97 Å². The van der Waals surface area contributed by atoms with Crippen LogP contribution in [0, 0.1) is 17.7 Å². The highest BCUT2D eigenvalue weighted by Gasteiger charge is 2.34. The molecular weight excluding hydrogens is 361 g/mol. The second-order valence-electron chi connectivity index (χ2n) is 6.15. The van der Waals surface area contributed by atoms with Gasteiger partial charge < -0.3 is 10.4 Å². The number of nitrogens with zero attached hydrogens (tertiary/aromatic N) is 2. The molecule has 1 heterocycles. The van der Waals surface area contributed by atoms with Crippen molar-refractivity contribution in [2.75, 3.05) is 5.32 Å². The van der Waals surface area contributed by atoms with Crippen molar-refractivity contribution in [1.82, 2.24) is 9.78 Å². The molecule has 1 aromatic heterocycles. The first-order valence-electron chi connectivity index (χ1n) is 8.09. The summed E-state index contributed by atoms with van der Waals surface area (Å²) in [6.07, 6.45) is 7.43. The van der Waals surface area contributed by atoms with Gasteiger partial charge in [-0.3, -0.25) is 14.3 Å². The molecule has 0 radical (unpaired) electrons. The zero-order valence-corrected chi connectivity index (χ0v) is 14.5. The number of rotatable bonds is 5. The number of aromatic nitrogens is 2. The first kappa shape index (κ1) is 18.1. The zero-order chi connectivity index (χ0) is 18.7. The molecule has 2 N–H and O–H groups in total. The van der Waals surface area contributed by atoms with Gasteiger partial charge in [-0.2, -0.15) is 5.10 Å². The summed E-state index contributed by atoms with van der Waals surface area (Å²) < 4.78 is 14.7. The van der Waals surface area contributed by atoms with Crippen LogP contribution in [0.15, 0.2) is 42.7 Å². The third kappa shape index (κ3) is 4.11. The second kappa shape index (κ2) is 7.70. The predicted octanol–water partition coefficient (Wildman–Crippen LogP) is 3.33. The molecule has 1 aliphatic rings. The van der Waals surface area contributed by atoms with Crippen molar-refractivity contribution in [3.05, 3.63) is 59.1 Å². The van der Waals surface area contributed by atoms with Crippen LogP contribution in [0.5, 0.6) is 0 Å². The third-order valence-electron chi connectivity index (χ3n) is 4.33. The molecule has 26 heavy (non-hydrogen) atoms. The van der Waals surface area contributed by atoms with Gasteiger partial charge in [0.15, 0.2) is 0 Å². The molecule has 0 saturated heterocycles. The molecule has 6 nitrogen and oxygen atoms in total. The molecule has 2 aromatic rings. The summed E-state index contributed by atoms with van der Waals surface area (Å²) >= 11 is 6.00. The van der Waals surface area contributed by atoms with E-state index in [2.05, 4.69) is 10.4 Å². The Labute approximate surface area is 154 Å². The number of anilines is 1. The standard InChI is InChI=1S/C18H17ClFN3O3/c19-16-7-12(20)6-5-11(16)9-23-10-13(8-21-23)22-17(24)14-3-1-2-4-15(14)18(25)26/h1-2,5-8,10,14-15H,3-4,9H2,(H,22,24)(H,25,26)/t14-,15-/m0/s1. The van der Waals surface area contributed by atoms with E-state index in [1.54, 1.807) is 23.0 Å². The number of hydrogen-bond donors (Lipinski definition) is 2. The highest BCUT2D eigenvalue weighted by molar-refractivity contribution is 6.31. The Balaban J connectivity index is 1.67. The van der Waals surface area contributed by atoms with E-state index in [9.17, 15) is 19.1 Å². The molecule has 2 atom stereocenters. The molecule has 1 amide bonds. The lowest BCUT2D eigenvalue weighted by Gasteiger charge is -2.23.